The van der Waals surface area contributed by atoms with Crippen LogP contribution in [0.2, 0.25) is 0 Å². The fourth-order valence-electron chi connectivity index (χ4n) is 3.14. The first-order valence-electron chi connectivity index (χ1n) is 7.89. The van der Waals surface area contributed by atoms with E-state index in [1.54, 1.807) is 0 Å². The number of amides is 1. The van der Waals surface area contributed by atoms with Crippen LogP contribution in [0.5, 0.6) is 0 Å². The van der Waals surface area contributed by atoms with E-state index in [1.165, 1.54) is 0 Å². The standard InChI is InChI=1S/C19H20N2O3/c1-11-4-6-17-15(8-11)16(19(24)20-17)10-21-9-12(2)14(13(21)3)5-7-18(22)23/h4,6,8-10H,5,7H2,1-3H3,(H,20,24)(H,22,23). The number of aromatic nitrogens is 1. The molecule has 0 bridgehead atoms. The maximum atomic E-state index is 12.3. The van der Waals surface area contributed by atoms with Crippen LogP contribution in [0, 0.1) is 20.8 Å². The summed E-state index contributed by atoms with van der Waals surface area (Å²) in [7, 11) is 0. The Morgan fingerprint density at radius 3 is 2.75 bits per heavy atom. The Morgan fingerprint density at radius 2 is 2.04 bits per heavy atom. The summed E-state index contributed by atoms with van der Waals surface area (Å²) in [5, 5.41) is 11.8. The van der Waals surface area contributed by atoms with Gasteiger partial charge in [0, 0.05) is 35.8 Å². The summed E-state index contributed by atoms with van der Waals surface area (Å²) in [5.74, 6) is -0.923. The highest BCUT2D eigenvalue weighted by Gasteiger charge is 2.24. The Morgan fingerprint density at radius 1 is 1.29 bits per heavy atom. The Balaban J connectivity index is 2.01. The summed E-state index contributed by atoms with van der Waals surface area (Å²) >= 11 is 0. The highest BCUT2D eigenvalue weighted by atomic mass is 16.4. The fraction of sp³-hybridized carbons (Fsp3) is 0.263. The Labute approximate surface area is 140 Å². The second-order valence-electron chi connectivity index (χ2n) is 6.22. The van der Waals surface area contributed by atoms with Gasteiger partial charge in [-0.15, -0.1) is 0 Å². The average molecular weight is 324 g/mol. The predicted molar refractivity (Wildman–Crippen MR) is 93.8 cm³/mol. The molecule has 0 fully saturated rings. The van der Waals surface area contributed by atoms with E-state index < -0.39 is 5.97 Å². The van der Waals surface area contributed by atoms with E-state index in [1.807, 2.05) is 55.9 Å². The molecule has 1 aliphatic heterocycles. The number of carbonyl (C=O) groups is 2. The number of carbonyl (C=O) groups excluding carboxylic acids is 1. The number of nitrogens with zero attached hydrogens (tertiary/aromatic N) is 1. The van der Waals surface area contributed by atoms with Crippen molar-refractivity contribution in [3.05, 3.63) is 52.3 Å². The smallest absolute Gasteiger partial charge is 0.303 e. The van der Waals surface area contributed by atoms with Gasteiger partial charge in [-0.1, -0.05) is 11.6 Å². The molecule has 3 rings (SSSR count). The minimum absolute atomic E-state index is 0.102. The molecule has 24 heavy (non-hydrogen) atoms. The zero-order valence-corrected chi connectivity index (χ0v) is 14.0. The number of carboxylic acids is 1. The molecule has 2 heterocycles. The van der Waals surface area contributed by atoms with Crippen LogP contribution >= 0.6 is 0 Å². The van der Waals surface area contributed by atoms with Crippen LogP contribution in [0.15, 0.2) is 24.4 Å². The van der Waals surface area contributed by atoms with Crippen LogP contribution in [0.1, 0.15) is 34.4 Å². The quantitative estimate of drug-likeness (QED) is 0.847. The molecule has 0 aliphatic carbocycles. The highest BCUT2D eigenvalue weighted by Crippen LogP contribution is 2.33. The molecule has 0 unspecified atom stereocenters. The van der Waals surface area contributed by atoms with Crippen molar-refractivity contribution in [2.24, 2.45) is 0 Å². The van der Waals surface area contributed by atoms with Gasteiger partial charge >= 0.3 is 5.97 Å². The number of fused-ring (bicyclic) bond motifs is 1. The van der Waals surface area contributed by atoms with Crippen molar-refractivity contribution >= 4 is 29.3 Å². The molecule has 2 aromatic rings. The maximum Gasteiger partial charge on any atom is 0.303 e. The van der Waals surface area contributed by atoms with E-state index in [-0.39, 0.29) is 12.3 Å². The lowest BCUT2D eigenvalue weighted by Gasteiger charge is -2.04. The first-order chi connectivity index (χ1) is 11.4. The largest absolute Gasteiger partial charge is 0.481 e. The lowest BCUT2D eigenvalue weighted by molar-refractivity contribution is -0.137. The van der Waals surface area contributed by atoms with Gasteiger partial charge < -0.3 is 15.0 Å². The third kappa shape index (κ3) is 2.85. The Bertz CT molecular complexity index is 875. The van der Waals surface area contributed by atoms with Crippen molar-refractivity contribution in [2.45, 2.75) is 33.6 Å². The average Bonchev–Trinajstić information content (AvgIpc) is 2.95. The number of benzene rings is 1. The van der Waals surface area contributed by atoms with Crippen LogP contribution < -0.4 is 5.32 Å². The molecule has 1 aromatic heterocycles. The third-order valence-corrected chi connectivity index (χ3v) is 4.45. The second-order valence-corrected chi connectivity index (χ2v) is 6.22. The van der Waals surface area contributed by atoms with Crippen molar-refractivity contribution in [1.82, 2.24) is 4.57 Å². The van der Waals surface area contributed by atoms with Gasteiger partial charge in [-0.05, 0) is 50.5 Å². The fourth-order valence-corrected chi connectivity index (χ4v) is 3.14. The zero-order chi connectivity index (χ0) is 17.4. The molecule has 2 N–H and O–H groups in total. The van der Waals surface area contributed by atoms with Crippen molar-refractivity contribution in [3.8, 4) is 0 Å². The Kier molecular flexibility index (Phi) is 4.01. The van der Waals surface area contributed by atoms with E-state index in [0.717, 1.165) is 33.6 Å². The summed E-state index contributed by atoms with van der Waals surface area (Å²) < 4.78 is 1.92. The van der Waals surface area contributed by atoms with Gasteiger partial charge in [0.15, 0.2) is 0 Å². The molecule has 1 aromatic carbocycles. The number of carboxylic acid groups (broad SMARTS) is 1. The molecule has 0 spiro atoms. The topological polar surface area (TPSA) is 71.3 Å². The maximum absolute atomic E-state index is 12.3. The van der Waals surface area contributed by atoms with Gasteiger partial charge in [0.1, 0.15) is 0 Å². The van der Waals surface area contributed by atoms with Crippen LogP contribution in [0.4, 0.5) is 5.69 Å². The number of hydrogen-bond acceptors (Lipinski definition) is 2. The molecule has 0 atom stereocenters. The molecular formula is C19H20N2O3. The van der Waals surface area contributed by atoms with Crippen molar-refractivity contribution < 1.29 is 14.7 Å². The second kappa shape index (κ2) is 6.00. The summed E-state index contributed by atoms with van der Waals surface area (Å²) in [6.07, 6.45) is 4.36. The van der Waals surface area contributed by atoms with Gasteiger partial charge in [-0.3, -0.25) is 9.59 Å². The lowest BCUT2D eigenvalue weighted by Crippen LogP contribution is -2.05. The Hall–Kier alpha value is -2.82. The molecule has 124 valence electrons. The van der Waals surface area contributed by atoms with Gasteiger partial charge in [0.25, 0.3) is 5.91 Å². The monoisotopic (exact) mass is 324 g/mol. The summed E-state index contributed by atoms with van der Waals surface area (Å²) in [6.45, 7) is 5.91. The number of aliphatic carboxylic acids is 1. The molecule has 0 saturated heterocycles. The SMILES string of the molecule is Cc1ccc2c(c1)C(=Cn1cc(C)c(CCC(=O)O)c1C)C(=O)N2. The summed E-state index contributed by atoms with van der Waals surface area (Å²) in [5.41, 5.74) is 6.47. The molecule has 5 nitrogen and oxygen atoms in total. The summed E-state index contributed by atoms with van der Waals surface area (Å²) in [6, 6.07) is 5.88. The number of aryl methyl sites for hydroxylation is 2. The van der Waals surface area contributed by atoms with Crippen LogP contribution in [0.3, 0.4) is 0 Å². The minimum Gasteiger partial charge on any atom is -0.481 e. The first kappa shape index (κ1) is 16.1. The number of anilines is 1. The van der Waals surface area contributed by atoms with E-state index in [2.05, 4.69) is 5.32 Å². The van der Waals surface area contributed by atoms with Crippen molar-refractivity contribution in [2.75, 3.05) is 5.32 Å². The van der Waals surface area contributed by atoms with Crippen molar-refractivity contribution in [3.63, 3.8) is 0 Å². The number of nitrogens with one attached hydrogen (secondary N) is 1. The number of rotatable bonds is 4. The first-order valence-corrected chi connectivity index (χ1v) is 7.89. The molecular weight excluding hydrogens is 304 g/mol. The van der Waals surface area contributed by atoms with E-state index in [9.17, 15) is 9.59 Å². The van der Waals surface area contributed by atoms with Crippen molar-refractivity contribution in [1.29, 1.82) is 0 Å². The van der Waals surface area contributed by atoms with Gasteiger partial charge in [-0.25, -0.2) is 0 Å². The summed E-state index contributed by atoms with van der Waals surface area (Å²) in [4.78, 5) is 23.1. The van der Waals surface area contributed by atoms with E-state index in [4.69, 9.17) is 5.11 Å². The minimum atomic E-state index is -0.806. The zero-order valence-electron chi connectivity index (χ0n) is 14.0. The molecule has 1 aliphatic rings. The predicted octanol–water partition coefficient (Wildman–Crippen LogP) is 3.38. The normalized spacial score (nSPS) is 14.8. The molecule has 1 amide bonds. The molecule has 0 radical (unpaired) electrons. The van der Waals surface area contributed by atoms with Crippen LogP contribution in [-0.2, 0) is 16.0 Å². The van der Waals surface area contributed by atoms with E-state index >= 15 is 0 Å². The van der Waals surface area contributed by atoms with Crippen LogP contribution in [-0.4, -0.2) is 21.6 Å². The highest BCUT2D eigenvalue weighted by molar-refractivity contribution is 6.34. The molecule has 5 heteroatoms. The lowest BCUT2D eigenvalue weighted by atomic mass is 10.1. The van der Waals surface area contributed by atoms with Crippen LogP contribution in [0.25, 0.3) is 11.8 Å². The van der Waals surface area contributed by atoms with E-state index in [0.29, 0.717) is 12.0 Å². The van der Waals surface area contributed by atoms with Gasteiger partial charge in [-0.2, -0.15) is 0 Å². The van der Waals surface area contributed by atoms with Gasteiger partial charge in [0.05, 0.1) is 5.57 Å². The molecule has 0 saturated carbocycles. The number of hydrogen-bond donors (Lipinski definition) is 2. The van der Waals surface area contributed by atoms with Gasteiger partial charge in [0.2, 0.25) is 0 Å². The third-order valence-electron chi connectivity index (χ3n) is 4.45.